The summed E-state index contributed by atoms with van der Waals surface area (Å²) in [7, 11) is 1.53. The Morgan fingerprint density at radius 2 is 1.84 bits per heavy atom. The van der Waals surface area contributed by atoms with E-state index in [0.717, 1.165) is 4.90 Å². The van der Waals surface area contributed by atoms with E-state index in [1.807, 2.05) is 0 Å². The summed E-state index contributed by atoms with van der Waals surface area (Å²) < 4.78 is 5.07. The standard InChI is InChI=1S/C22H19N3O6/c1-31-14-7-5-12(6-8-14)19(27)23-11-13-3-2-4-15-18(13)22(30)25(21(15)29)16-9-10-17(26)24-20(16)28/h2-8,16H,9-11H2,1H3,(H,23,27)(H,24,26,28). The Morgan fingerprint density at radius 1 is 1.10 bits per heavy atom. The van der Waals surface area contributed by atoms with Crippen molar-refractivity contribution in [1.29, 1.82) is 0 Å². The fourth-order valence-electron chi connectivity index (χ4n) is 3.75. The van der Waals surface area contributed by atoms with Gasteiger partial charge in [0.05, 0.1) is 18.2 Å². The van der Waals surface area contributed by atoms with Gasteiger partial charge in [0, 0.05) is 18.5 Å². The summed E-state index contributed by atoms with van der Waals surface area (Å²) in [6, 6.07) is 10.3. The number of ether oxygens (including phenoxy) is 1. The van der Waals surface area contributed by atoms with Crippen LogP contribution in [0.15, 0.2) is 42.5 Å². The van der Waals surface area contributed by atoms with Crippen molar-refractivity contribution in [3.8, 4) is 5.75 Å². The highest BCUT2D eigenvalue weighted by molar-refractivity contribution is 6.24. The number of nitrogens with one attached hydrogen (secondary N) is 2. The van der Waals surface area contributed by atoms with E-state index in [1.165, 1.54) is 13.2 Å². The van der Waals surface area contributed by atoms with Gasteiger partial charge in [0.2, 0.25) is 11.8 Å². The molecule has 0 radical (unpaired) electrons. The monoisotopic (exact) mass is 421 g/mol. The molecule has 9 nitrogen and oxygen atoms in total. The molecule has 2 aromatic rings. The summed E-state index contributed by atoms with van der Waals surface area (Å²) in [5.74, 6) is -2.02. The lowest BCUT2D eigenvalue weighted by Crippen LogP contribution is -2.54. The Kier molecular flexibility index (Phi) is 5.24. The fourth-order valence-corrected chi connectivity index (χ4v) is 3.75. The maximum atomic E-state index is 13.1. The molecular weight excluding hydrogens is 402 g/mol. The van der Waals surface area contributed by atoms with Gasteiger partial charge in [0.1, 0.15) is 11.8 Å². The second-order valence-electron chi connectivity index (χ2n) is 7.20. The quantitative estimate of drug-likeness (QED) is 0.696. The molecule has 2 heterocycles. The lowest BCUT2D eigenvalue weighted by atomic mass is 10.0. The van der Waals surface area contributed by atoms with Crippen LogP contribution >= 0.6 is 0 Å². The van der Waals surface area contributed by atoms with Gasteiger partial charge in [-0.05, 0) is 42.3 Å². The van der Waals surface area contributed by atoms with Gasteiger partial charge in [-0.25, -0.2) is 0 Å². The van der Waals surface area contributed by atoms with Crippen LogP contribution in [0, 0.1) is 0 Å². The van der Waals surface area contributed by atoms with Crippen LogP contribution < -0.4 is 15.4 Å². The normalized spacial score (nSPS) is 18.0. The number of hydrogen-bond acceptors (Lipinski definition) is 6. The molecule has 0 spiro atoms. The molecule has 4 rings (SSSR count). The smallest absolute Gasteiger partial charge is 0.262 e. The number of carbonyl (C=O) groups excluding carboxylic acids is 5. The summed E-state index contributed by atoms with van der Waals surface area (Å²) in [5, 5.41) is 4.91. The molecule has 9 heteroatoms. The zero-order chi connectivity index (χ0) is 22.1. The highest BCUT2D eigenvalue weighted by Gasteiger charge is 2.45. The molecule has 5 amide bonds. The molecule has 1 fully saturated rings. The van der Waals surface area contributed by atoms with Crippen molar-refractivity contribution in [1.82, 2.24) is 15.5 Å². The Balaban J connectivity index is 1.53. The molecule has 2 aliphatic heterocycles. The van der Waals surface area contributed by atoms with E-state index >= 15 is 0 Å². The predicted molar refractivity (Wildman–Crippen MR) is 107 cm³/mol. The number of amides is 5. The second kappa shape index (κ2) is 8.02. The Labute approximate surface area is 177 Å². The molecule has 0 saturated carbocycles. The van der Waals surface area contributed by atoms with Crippen LogP contribution in [0.25, 0.3) is 0 Å². The largest absolute Gasteiger partial charge is 0.497 e. The summed E-state index contributed by atoms with van der Waals surface area (Å²) >= 11 is 0. The number of methoxy groups -OCH3 is 1. The van der Waals surface area contributed by atoms with E-state index in [1.54, 1.807) is 36.4 Å². The van der Waals surface area contributed by atoms with Crippen LogP contribution in [-0.2, 0) is 16.1 Å². The topological polar surface area (TPSA) is 122 Å². The van der Waals surface area contributed by atoms with E-state index in [9.17, 15) is 24.0 Å². The first-order valence-electron chi connectivity index (χ1n) is 9.66. The minimum atomic E-state index is -1.04. The van der Waals surface area contributed by atoms with Crippen molar-refractivity contribution in [2.24, 2.45) is 0 Å². The van der Waals surface area contributed by atoms with Crippen molar-refractivity contribution in [2.45, 2.75) is 25.4 Å². The van der Waals surface area contributed by atoms with Gasteiger partial charge in [-0.15, -0.1) is 0 Å². The lowest BCUT2D eigenvalue weighted by molar-refractivity contribution is -0.136. The van der Waals surface area contributed by atoms with Gasteiger partial charge < -0.3 is 10.1 Å². The minimum absolute atomic E-state index is 0.0241. The number of rotatable bonds is 5. The van der Waals surface area contributed by atoms with Gasteiger partial charge in [0.25, 0.3) is 17.7 Å². The molecule has 2 N–H and O–H groups in total. The minimum Gasteiger partial charge on any atom is -0.497 e. The van der Waals surface area contributed by atoms with Gasteiger partial charge in [0.15, 0.2) is 0 Å². The third-order valence-corrected chi connectivity index (χ3v) is 5.35. The highest BCUT2D eigenvalue weighted by Crippen LogP contribution is 2.30. The molecule has 1 unspecified atom stereocenters. The first-order valence-corrected chi connectivity index (χ1v) is 9.66. The third kappa shape index (κ3) is 3.65. The number of carbonyl (C=O) groups is 5. The molecule has 0 aliphatic carbocycles. The van der Waals surface area contributed by atoms with E-state index < -0.39 is 29.7 Å². The average molecular weight is 421 g/mol. The summed E-state index contributed by atoms with van der Waals surface area (Å²) in [6.45, 7) is 0.0241. The van der Waals surface area contributed by atoms with Gasteiger partial charge >= 0.3 is 0 Å². The highest BCUT2D eigenvalue weighted by atomic mass is 16.5. The van der Waals surface area contributed by atoms with Crippen molar-refractivity contribution in [3.63, 3.8) is 0 Å². The number of benzene rings is 2. The molecule has 0 aromatic heterocycles. The van der Waals surface area contributed by atoms with Crippen LogP contribution in [-0.4, -0.2) is 47.6 Å². The Hall–Kier alpha value is -4.01. The van der Waals surface area contributed by atoms with Crippen molar-refractivity contribution in [2.75, 3.05) is 7.11 Å². The molecule has 0 bridgehead atoms. The second-order valence-corrected chi connectivity index (χ2v) is 7.20. The zero-order valence-electron chi connectivity index (χ0n) is 16.6. The maximum absolute atomic E-state index is 13.1. The van der Waals surface area contributed by atoms with Gasteiger partial charge in [-0.1, -0.05) is 12.1 Å². The van der Waals surface area contributed by atoms with E-state index in [0.29, 0.717) is 16.9 Å². The van der Waals surface area contributed by atoms with Crippen LogP contribution in [0.1, 0.15) is 49.5 Å². The zero-order valence-corrected chi connectivity index (χ0v) is 16.6. The number of nitrogens with zero attached hydrogens (tertiary/aromatic N) is 1. The molecular formula is C22H19N3O6. The molecule has 1 saturated heterocycles. The number of imide groups is 2. The Bertz CT molecular complexity index is 1110. The van der Waals surface area contributed by atoms with Crippen molar-refractivity contribution in [3.05, 3.63) is 64.7 Å². The average Bonchev–Trinajstić information content (AvgIpc) is 3.03. The SMILES string of the molecule is COc1ccc(C(=O)NCc2cccc3c2C(=O)N(C2CCC(=O)NC2=O)C3=O)cc1. The molecule has 158 valence electrons. The van der Waals surface area contributed by atoms with Crippen LogP contribution in [0.3, 0.4) is 0 Å². The first-order chi connectivity index (χ1) is 14.9. The van der Waals surface area contributed by atoms with Crippen LogP contribution in [0.5, 0.6) is 5.75 Å². The number of piperidine rings is 1. The summed E-state index contributed by atoms with van der Waals surface area (Å²) in [5.41, 5.74) is 1.21. The molecule has 31 heavy (non-hydrogen) atoms. The van der Waals surface area contributed by atoms with Gasteiger partial charge in [-0.3, -0.25) is 34.2 Å². The summed E-state index contributed by atoms with van der Waals surface area (Å²) in [6.07, 6.45) is 0.133. The maximum Gasteiger partial charge on any atom is 0.262 e. The number of hydrogen-bond donors (Lipinski definition) is 2. The van der Waals surface area contributed by atoms with Crippen LogP contribution in [0.2, 0.25) is 0 Å². The van der Waals surface area contributed by atoms with E-state index in [2.05, 4.69) is 10.6 Å². The van der Waals surface area contributed by atoms with Crippen molar-refractivity contribution >= 4 is 29.5 Å². The fraction of sp³-hybridized carbons (Fsp3) is 0.227. The Morgan fingerprint density at radius 3 is 2.52 bits per heavy atom. The molecule has 2 aliphatic rings. The van der Waals surface area contributed by atoms with Crippen LogP contribution in [0.4, 0.5) is 0 Å². The third-order valence-electron chi connectivity index (χ3n) is 5.35. The number of fused-ring (bicyclic) bond motifs is 1. The molecule has 1 atom stereocenters. The molecule has 2 aromatic carbocycles. The summed E-state index contributed by atoms with van der Waals surface area (Å²) in [4.78, 5) is 62.8. The van der Waals surface area contributed by atoms with Crippen molar-refractivity contribution < 1.29 is 28.7 Å². The van der Waals surface area contributed by atoms with E-state index in [-0.39, 0.29) is 36.4 Å². The predicted octanol–water partition coefficient (Wildman–Crippen LogP) is 1.03. The lowest BCUT2D eigenvalue weighted by Gasteiger charge is -2.27. The first kappa shape index (κ1) is 20.3. The van der Waals surface area contributed by atoms with Gasteiger partial charge in [-0.2, -0.15) is 0 Å². The van der Waals surface area contributed by atoms with E-state index in [4.69, 9.17) is 4.74 Å².